The molecule has 0 aliphatic heterocycles. The molecule has 8 nitrogen and oxygen atoms in total. The van der Waals surface area contributed by atoms with Crippen molar-refractivity contribution in [2.75, 3.05) is 17.5 Å². The lowest BCUT2D eigenvalue weighted by atomic mass is 9.94. The molecule has 1 aliphatic rings. The van der Waals surface area contributed by atoms with Gasteiger partial charge in [-0.25, -0.2) is 8.42 Å². The SMILES string of the molecule is CCOc1ccccc1N(CC(=O)N(Cc1cccc(C)c1)[C@H](Cc1ccccc1)C(=O)NC1CCCCC1)S(=O)(=O)c1ccc(C)cc1. The largest absolute Gasteiger partial charge is 0.492 e. The molecular formula is C40H47N3O5S. The highest BCUT2D eigenvalue weighted by atomic mass is 32.2. The Kier molecular flexibility index (Phi) is 12.1. The molecule has 0 radical (unpaired) electrons. The normalized spacial score (nSPS) is 14.1. The van der Waals surface area contributed by atoms with Crippen molar-refractivity contribution in [1.82, 2.24) is 10.2 Å². The highest BCUT2D eigenvalue weighted by Gasteiger charge is 2.36. The standard InChI is InChI=1S/C40H47N3O5S/c1-4-48-38-21-12-11-20-36(38)43(49(46,47)35-24-22-30(2)23-25-35)29-39(44)42(28-33-17-13-14-31(3)26-33)37(27-32-15-7-5-8-16-32)40(45)41-34-18-9-6-10-19-34/h5,7-8,11-17,20-26,34,37H,4,6,9-10,18-19,27-29H2,1-3H3,(H,41,45)/t37-/m1/s1. The molecule has 0 unspecified atom stereocenters. The molecule has 4 aromatic rings. The van der Waals surface area contributed by atoms with Crippen molar-refractivity contribution in [2.45, 2.75) is 82.8 Å². The minimum atomic E-state index is -4.24. The summed E-state index contributed by atoms with van der Waals surface area (Å²) in [6.07, 6.45) is 5.30. The van der Waals surface area contributed by atoms with Crippen molar-refractivity contribution in [3.8, 4) is 5.75 Å². The van der Waals surface area contributed by atoms with Crippen molar-refractivity contribution in [3.63, 3.8) is 0 Å². The van der Waals surface area contributed by atoms with Crippen LogP contribution < -0.4 is 14.4 Å². The number of ether oxygens (including phenoxy) is 1. The lowest BCUT2D eigenvalue weighted by Gasteiger charge is -2.35. The van der Waals surface area contributed by atoms with E-state index in [4.69, 9.17) is 4.74 Å². The molecule has 1 aliphatic carbocycles. The average molecular weight is 682 g/mol. The van der Waals surface area contributed by atoms with E-state index in [-0.39, 0.29) is 35.5 Å². The number of benzene rings is 4. The molecule has 0 saturated heterocycles. The summed E-state index contributed by atoms with van der Waals surface area (Å²) in [4.78, 5) is 30.8. The number of hydrogen-bond donors (Lipinski definition) is 1. The fourth-order valence-corrected chi connectivity index (χ4v) is 7.82. The van der Waals surface area contributed by atoms with E-state index in [0.29, 0.717) is 12.4 Å². The Bertz CT molecular complexity index is 1810. The van der Waals surface area contributed by atoms with E-state index in [1.54, 1.807) is 53.4 Å². The van der Waals surface area contributed by atoms with Gasteiger partial charge in [0.05, 0.1) is 17.2 Å². The molecule has 0 aromatic heterocycles. The Labute approximate surface area is 291 Å². The van der Waals surface area contributed by atoms with Crippen LogP contribution in [0.3, 0.4) is 0 Å². The summed E-state index contributed by atoms with van der Waals surface area (Å²) in [5.74, 6) is -0.391. The number of nitrogens with zero attached hydrogens (tertiary/aromatic N) is 2. The highest BCUT2D eigenvalue weighted by Crippen LogP contribution is 2.33. The summed E-state index contributed by atoms with van der Waals surface area (Å²) in [5.41, 5.74) is 3.93. The Morgan fingerprint density at radius 2 is 1.49 bits per heavy atom. The number of sulfonamides is 1. The van der Waals surface area contributed by atoms with Crippen LogP contribution in [0.2, 0.25) is 0 Å². The number of anilines is 1. The van der Waals surface area contributed by atoms with Crippen LogP contribution in [0.1, 0.15) is 61.3 Å². The van der Waals surface area contributed by atoms with Crippen LogP contribution in [0.5, 0.6) is 5.75 Å². The van der Waals surface area contributed by atoms with Gasteiger partial charge >= 0.3 is 0 Å². The molecule has 1 N–H and O–H groups in total. The van der Waals surface area contributed by atoms with Gasteiger partial charge in [-0.3, -0.25) is 13.9 Å². The van der Waals surface area contributed by atoms with Crippen molar-refractivity contribution in [2.24, 2.45) is 0 Å². The van der Waals surface area contributed by atoms with Crippen molar-refractivity contribution in [1.29, 1.82) is 0 Å². The van der Waals surface area contributed by atoms with Gasteiger partial charge in [0.15, 0.2) is 0 Å². The van der Waals surface area contributed by atoms with E-state index in [9.17, 15) is 18.0 Å². The van der Waals surface area contributed by atoms with Gasteiger partial charge < -0.3 is 15.0 Å². The summed E-state index contributed by atoms with van der Waals surface area (Å²) < 4.78 is 35.9. The van der Waals surface area contributed by atoms with Crippen molar-refractivity contribution >= 4 is 27.5 Å². The van der Waals surface area contributed by atoms with Crippen LogP contribution in [0, 0.1) is 13.8 Å². The summed E-state index contributed by atoms with van der Waals surface area (Å²) in [7, 11) is -4.24. The number of carbonyl (C=O) groups is 2. The van der Waals surface area contributed by atoms with Gasteiger partial charge in [0.2, 0.25) is 11.8 Å². The van der Waals surface area contributed by atoms with E-state index in [1.165, 1.54) is 0 Å². The molecular weight excluding hydrogens is 635 g/mol. The number of aryl methyl sites for hydroxylation is 2. The lowest BCUT2D eigenvalue weighted by Crippen LogP contribution is -2.55. The van der Waals surface area contributed by atoms with Crippen LogP contribution in [-0.2, 0) is 32.6 Å². The topological polar surface area (TPSA) is 96.0 Å². The van der Waals surface area contributed by atoms with Gasteiger partial charge in [-0.2, -0.15) is 0 Å². The van der Waals surface area contributed by atoms with Crippen LogP contribution >= 0.6 is 0 Å². The van der Waals surface area contributed by atoms with Gasteiger partial charge in [-0.15, -0.1) is 0 Å². The average Bonchev–Trinajstić information content (AvgIpc) is 3.10. The van der Waals surface area contributed by atoms with Crippen molar-refractivity contribution < 1.29 is 22.7 Å². The zero-order chi connectivity index (χ0) is 34.8. The predicted molar refractivity (Wildman–Crippen MR) is 194 cm³/mol. The van der Waals surface area contributed by atoms with Gasteiger partial charge in [0.25, 0.3) is 10.0 Å². The zero-order valence-electron chi connectivity index (χ0n) is 28.7. The van der Waals surface area contributed by atoms with Crippen LogP contribution in [-0.4, -0.2) is 50.4 Å². The molecule has 1 atom stereocenters. The Morgan fingerprint density at radius 3 is 2.18 bits per heavy atom. The number of rotatable bonds is 14. The third-order valence-corrected chi connectivity index (χ3v) is 10.8. The number of hydrogen-bond acceptors (Lipinski definition) is 5. The molecule has 258 valence electrons. The summed E-state index contributed by atoms with van der Waals surface area (Å²) in [6.45, 7) is 5.59. The molecule has 4 aromatic carbocycles. The molecule has 0 heterocycles. The molecule has 5 rings (SSSR count). The zero-order valence-corrected chi connectivity index (χ0v) is 29.5. The maximum absolute atomic E-state index is 14.8. The quantitative estimate of drug-likeness (QED) is 0.155. The van der Waals surface area contributed by atoms with Crippen molar-refractivity contribution in [3.05, 3.63) is 125 Å². The van der Waals surface area contributed by atoms with Crippen LogP contribution in [0.15, 0.2) is 108 Å². The molecule has 1 saturated carbocycles. The first-order chi connectivity index (χ1) is 23.7. The minimum absolute atomic E-state index is 0.0342. The van der Waals surface area contributed by atoms with E-state index in [1.807, 2.05) is 75.4 Å². The Morgan fingerprint density at radius 1 is 0.816 bits per heavy atom. The summed E-state index contributed by atoms with van der Waals surface area (Å²) in [6, 6.07) is 30.0. The molecule has 49 heavy (non-hydrogen) atoms. The number of amides is 2. The van der Waals surface area contributed by atoms with Gasteiger partial charge in [0, 0.05) is 19.0 Å². The summed E-state index contributed by atoms with van der Waals surface area (Å²) >= 11 is 0. The third-order valence-electron chi connectivity index (χ3n) is 8.98. The predicted octanol–water partition coefficient (Wildman–Crippen LogP) is 6.99. The summed E-state index contributed by atoms with van der Waals surface area (Å²) in [5, 5.41) is 3.26. The number of nitrogens with one attached hydrogen (secondary N) is 1. The first-order valence-corrected chi connectivity index (χ1v) is 18.6. The van der Waals surface area contributed by atoms with E-state index in [2.05, 4.69) is 5.32 Å². The highest BCUT2D eigenvalue weighted by molar-refractivity contribution is 7.92. The van der Waals surface area contributed by atoms with E-state index >= 15 is 0 Å². The Hall–Kier alpha value is -4.63. The fraction of sp³-hybridized carbons (Fsp3) is 0.350. The molecule has 2 amide bonds. The number of carbonyl (C=O) groups excluding carboxylic acids is 2. The van der Waals surface area contributed by atoms with Gasteiger partial charge in [-0.05, 0) is 69.0 Å². The molecule has 9 heteroatoms. The smallest absolute Gasteiger partial charge is 0.264 e. The monoisotopic (exact) mass is 681 g/mol. The maximum atomic E-state index is 14.8. The lowest BCUT2D eigenvalue weighted by molar-refractivity contribution is -0.140. The first-order valence-electron chi connectivity index (χ1n) is 17.2. The van der Waals surface area contributed by atoms with Crippen LogP contribution in [0.25, 0.3) is 0 Å². The maximum Gasteiger partial charge on any atom is 0.264 e. The van der Waals surface area contributed by atoms with E-state index < -0.39 is 28.5 Å². The molecule has 1 fully saturated rings. The minimum Gasteiger partial charge on any atom is -0.492 e. The third kappa shape index (κ3) is 9.29. The van der Waals surface area contributed by atoms with Gasteiger partial charge in [0.1, 0.15) is 18.3 Å². The molecule has 0 bridgehead atoms. The number of para-hydroxylation sites is 2. The fourth-order valence-electron chi connectivity index (χ4n) is 6.40. The van der Waals surface area contributed by atoms with E-state index in [0.717, 1.165) is 58.7 Å². The Balaban J connectivity index is 1.59. The van der Waals surface area contributed by atoms with Gasteiger partial charge in [-0.1, -0.05) is 109 Å². The second-order valence-electron chi connectivity index (χ2n) is 12.8. The van der Waals surface area contributed by atoms with Crippen LogP contribution in [0.4, 0.5) is 5.69 Å². The first kappa shape index (κ1) is 35.7. The second-order valence-corrected chi connectivity index (χ2v) is 14.6. The second kappa shape index (κ2) is 16.7. The molecule has 0 spiro atoms.